The van der Waals surface area contributed by atoms with E-state index in [2.05, 4.69) is 21.2 Å². The van der Waals surface area contributed by atoms with Crippen LogP contribution in [0.2, 0.25) is 0 Å². The van der Waals surface area contributed by atoms with Gasteiger partial charge < -0.3 is 20.1 Å². The molecule has 1 amide bonds. The Bertz CT molecular complexity index is 456. The molecule has 0 saturated carbocycles. The van der Waals surface area contributed by atoms with E-state index in [1.54, 1.807) is 18.9 Å². The third-order valence-corrected chi connectivity index (χ3v) is 3.61. The van der Waals surface area contributed by atoms with Crippen molar-refractivity contribution in [3.63, 3.8) is 0 Å². The van der Waals surface area contributed by atoms with Gasteiger partial charge in [-0.1, -0.05) is 22.0 Å². The molecule has 0 aliphatic rings. The van der Waals surface area contributed by atoms with Gasteiger partial charge in [0.1, 0.15) is 18.5 Å². The van der Waals surface area contributed by atoms with Crippen molar-refractivity contribution >= 4 is 21.8 Å². The number of nitrogens with one attached hydrogen (secondary N) is 1. The van der Waals surface area contributed by atoms with Crippen LogP contribution in [0.3, 0.4) is 0 Å². The van der Waals surface area contributed by atoms with Gasteiger partial charge in [0.15, 0.2) is 0 Å². The number of likely N-dealkylation sites (N-methyl/N-ethyl adjacent to an activating group) is 1. The maximum atomic E-state index is 11.8. The van der Waals surface area contributed by atoms with Crippen molar-refractivity contribution in [3.05, 3.63) is 28.7 Å². The van der Waals surface area contributed by atoms with Crippen LogP contribution >= 0.6 is 15.9 Å². The molecule has 0 heterocycles. The number of hydrogen-bond donors (Lipinski definition) is 2. The Morgan fingerprint density at radius 3 is 2.86 bits per heavy atom. The Labute approximate surface area is 134 Å². The zero-order valence-corrected chi connectivity index (χ0v) is 14.3. The summed E-state index contributed by atoms with van der Waals surface area (Å²) in [5.41, 5.74) is 0. The molecule has 0 aliphatic carbocycles. The number of halogens is 1. The smallest absolute Gasteiger partial charge is 0.239 e. The molecule has 0 fully saturated rings. The normalized spacial score (nSPS) is 13.6. The zero-order chi connectivity index (χ0) is 15.8. The number of carbonyl (C=O) groups excluding carboxylic acids is 1. The molecule has 2 N–H and O–H groups in total. The standard InChI is InChI=1S/C15H23BrN2O3/c1-4-18(3)15(20)11(2)17-9-13(19)10-21-14-7-5-6-12(16)8-14/h5-8,11,13,17,19H,4,9-10H2,1-3H3. The van der Waals surface area contributed by atoms with Gasteiger partial charge in [-0.3, -0.25) is 4.79 Å². The molecule has 0 bridgehead atoms. The monoisotopic (exact) mass is 358 g/mol. The van der Waals surface area contributed by atoms with Crippen LogP contribution in [0.5, 0.6) is 5.75 Å². The Morgan fingerprint density at radius 2 is 2.24 bits per heavy atom. The molecule has 0 radical (unpaired) electrons. The molecule has 2 unspecified atom stereocenters. The number of amides is 1. The van der Waals surface area contributed by atoms with Crippen molar-refractivity contribution in [1.29, 1.82) is 0 Å². The highest BCUT2D eigenvalue weighted by molar-refractivity contribution is 9.10. The fourth-order valence-corrected chi connectivity index (χ4v) is 2.07. The lowest BCUT2D eigenvalue weighted by atomic mass is 10.2. The van der Waals surface area contributed by atoms with Crippen LogP contribution in [0.25, 0.3) is 0 Å². The van der Waals surface area contributed by atoms with Crippen molar-refractivity contribution in [3.8, 4) is 5.75 Å². The maximum Gasteiger partial charge on any atom is 0.239 e. The maximum absolute atomic E-state index is 11.8. The van der Waals surface area contributed by atoms with E-state index in [1.165, 1.54) is 0 Å². The third kappa shape index (κ3) is 6.46. The molecule has 0 spiro atoms. The first-order valence-electron chi connectivity index (χ1n) is 6.98. The second kappa shape index (κ2) is 9.02. The van der Waals surface area contributed by atoms with Gasteiger partial charge in [-0.05, 0) is 32.0 Å². The summed E-state index contributed by atoms with van der Waals surface area (Å²) >= 11 is 3.36. The van der Waals surface area contributed by atoms with E-state index in [1.807, 2.05) is 31.2 Å². The topological polar surface area (TPSA) is 61.8 Å². The van der Waals surface area contributed by atoms with E-state index >= 15 is 0 Å². The highest BCUT2D eigenvalue weighted by Gasteiger charge is 2.17. The number of benzene rings is 1. The summed E-state index contributed by atoms with van der Waals surface area (Å²) in [5, 5.41) is 12.9. The molecule has 6 heteroatoms. The minimum Gasteiger partial charge on any atom is -0.491 e. The molecule has 1 rings (SSSR count). The highest BCUT2D eigenvalue weighted by atomic mass is 79.9. The van der Waals surface area contributed by atoms with Crippen molar-refractivity contribution in [2.24, 2.45) is 0 Å². The van der Waals surface area contributed by atoms with Crippen LogP contribution < -0.4 is 10.1 Å². The van der Waals surface area contributed by atoms with E-state index in [0.717, 1.165) is 4.47 Å². The number of nitrogens with zero attached hydrogens (tertiary/aromatic N) is 1. The van der Waals surface area contributed by atoms with Crippen molar-refractivity contribution in [2.75, 3.05) is 26.7 Å². The SMILES string of the molecule is CCN(C)C(=O)C(C)NCC(O)COc1cccc(Br)c1. The number of hydrogen-bond acceptors (Lipinski definition) is 4. The lowest BCUT2D eigenvalue weighted by molar-refractivity contribution is -0.131. The van der Waals surface area contributed by atoms with Gasteiger partial charge >= 0.3 is 0 Å². The summed E-state index contributed by atoms with van der Waals surface area (Å²) in [7, 11) is 1.76. The van der Waals surface area contributed by atoms with Gasteiger partial charge in [-0.2, -0.15) is 0 Å². The summed E-state index contributed by atoms with van der Waals surface area (Å²) in [5.74, 6) is 0.705. The van der Waals surface area contributed by atoms with Gasteiger partial charge in [0, 0.05) is 24.6 Å². The quantitative estimate of drug-likeness (QED) is 0.741. The minimum absolute atomic E-state index is 0.0117. The van der Waals surface area contributed by atoms with Crippen LogP contribution in [-0.4, -0.2) is 54.8 Å². The number of ether oxygens (including phenoxy) is 1. The van der Waals surface area contributed by atoms with Crippen molar-refractivity contribution in [2.45, 2.75) is 26.0 Å². The molecule has 1 aromatic rings. The first-order chi connectivity index (χ1) is 9.93. The van der Waals surface area contributed by atoms with Gasteiger partial charge in [-0.25, -0.2) is 0 Å². The lowest BCUT2D eigenvalue weighted by Gasteiger charge is -2.22. The van der Waals surface area contributed by atoms with E-state index in [9.17, 15) is 9.90 Å². The molecule has 0 aromatic heterocycles. The Kier molecular flexibility index (Phi) is 7.71. The second-order valence-corrected chi connectivity index (χ2v) is 5.82. The Hall–Kier alpha value is -1.11. The lowest BCUT2D eigenvalue weighted by Crippen LogP contribution is -2.46. The first kappa shape index (κ1) is 17.9. The Balaban J connectivity index is 2.31. The molecule has 118 valence electrons. The first-order valence-corrected chi connectivity index (χ1v) is 7.78. The van der Waals surface area contributed by atoms with Crippen LogP contribution in [0.4, 0.5) is 0 Å². The molecule has 2 atom stereocenters. The van der Waals surface area contributed by atoms with Crippen molar-refractivity contribution in [1.82, 2.24) is 10.2 Å². The van der Waals surface area contributed by atoms with E-state index in [-0.39, 0.29) is 18.6 Å². The molecule has 5 nitrogen and oxygen atoms in total. The summed E-state index contributed by atoms with van der Waals surface area (Å²) in [6, 6.07) is 7.11. The highest BCUT2D eigenvalue weighted by Crippen LogP contribution is 2.17. The van der Waals surface area contributed by atoms with E-state index in [4.69, 9.17) is 4.74 Å². The average molecular weight is 359 g/mol. The number of carbonyl (C=O) groups is 1. The van der Waals surface area contributed by atoms with Crippen LogP contribution in [-0.2, 0) is 4.79 Å². The van der Waals surface area contributed by atoms with Gasteiger partial charge in [0.05, 0.1) is 6.04 Å². The van der Waals surface area contributed by atoms with Crippen LogP contribution in [0, 0.1) is 0 Å². The zero-order valence-electron chi connectivity index (χ0n) is 12.7. The van der Waals surface area contributed by atoms with E-state index in [0.29, 0.717) is 18.8 Å². The van der Waals surface area contributed by atoms with Gasteiger partial charge in [0.25, 0.3) is 0 Å². The van der Waals surface area contributed by atoms with Gasteiger partial charge in [-0.15, -0.1) is 0 Å². The Morgan fingerprint density at radius 1 is 1.52 bits per heavy atom. The molecule has 0 aliphatic heterocycles. The fourth-order valence-electron chi connectivity index (χ4n) is 1.69. The average Bonchev–Trinajstić information content (AvgIpc) is 2.49. The second-order valence-electron chi connectivity index (χ2n) is 4.90. The van der Waals surface area contributed by atoms with E-state index < -0.39 is 6.10 Å². The van der Waals surface area contributed by atoms with Gasteiger partial charge in [0.2, 0.25) is 5.91 Å². The predicted molar refractivity (Wildman–Crippen MR) is 86.4 cm³/mol. The fraction of sp³-hybridized carbons (Fsp3) is 0.533. The molecule has 0 saturated heterocycles. The number of aliphatic hydroxyl groups is 1. The molecule has 21 heavy (non-hydrogen) atoms. The number of aliphatic hydroxyl groups excluding tert-OH is 1. The van der Waals surface area contributed by atoms with Crippen LogP contribution in [0.15, 0.2) is 28.7 Å². The molecule has 1 aromatic carbocycles. The van der Waals surface area contributed by atoms with Crippen molar-refractivity contribution < 1.29 is 14.6 Å². The summed E-state index contributed by atoms with van der Waals surface area (Å²) < 4.78 is 6.42. The predicted octanol–water partition coefficient (Wildman–Crippen LogP) is 1.65. The minimum atomic E-state index is -0.675. The summed E-state index contributed by atoms with van der Waals surface area (Å²) in [6.07, 6.45) is -0.675. The summed E-state index contributed by atoms with van der Waals surface area (Å²) in [6.45, 7) is 4.85. The molecular formula is C15H23BrN2O3. The number of rotatable bonds is 8. The summed E-state index contributed by atoms with van der Waals surface area (Å²) in [4.78, 5) is 13.5. The van der Waals surface area contributed by atoms with Crippen LogP contribution in [0.1, 0.15) is 13.8 Å². The third-order valence-electron chi connectivity index (χ3n) is 3.12. The molecular weight excluding hydrogens is 336 g/mol. The largest absolute Gasteiger partial charge is 0.491 e.